The summed E-state index contributed by atoms with van der Waals surface area (Å²) in [5.74, 6) is -0.584. The molecule has 3 N–H and O–H groups in total. The number of phosphoric acid groups is 2. The normalized spacial score (nSPS) is 14.4. The van der Waals surface area contributed by atoms with E-state index in [1.807, 2.05) is 0 Å². The van der Waals surface area contributed by atoms with E-state index < -0.39 is 97.5 Å². The molecule has 0 aliphatic rings. The first-order valence-corrected chi connectivity index (χ1v) is 41.0. The quantitative estimate of drug-likeness (QED) is 0.0222. The molecule has 0 radical (unpaired) electrons. The monoisotopic (exact) mass is 1350 g/mol. The molecule has 0 rings (SSSR count). The number of unbranched alkanes of at least 4 members (excludes halogenated alkanes) is 41. The highest BCUT2D eigenvalue weighted by Gasteiger charge is 2.30. The average Bonchev–Trinajstić information content (AvgIpc) is 1.59. The van der Waals surface area contributed by atoms with E-state index in [4.69, 9.17) is 37.0 Å². The zero-order chi connectivity index (χ0) is 67.9. The van der Waals surface area contributed by atoms with Crippen molar-refractivity contribution < 1.29 is 80.2 Å². The Labute approximate surface area is 562 Å². The van der Waals surface area contributed by atoms with E-state index in [2.05, 4.69) is 41.5 Å². The predicted octanol–water partition coefficient (Wildman–Crippen LogP) is 21.2. The summed E-state index contributed by atoms with van der Waals surface area (Å²) in [4.78, 5) is 72.5. The Hall–Kier alpha value is -1.94. The maximum absolute atomic E-state index is 13.1. The van der Waals surface area contributed by atoms with Gasteiger partial charge in [0.2, 0.25) is 0 Å². The van der Waals surface area contributed by atoms with Crippen LogP contribution in [0.4, 0.5) is 0 Å². The van der Waals surface area contributed by atoms with Gasteiger partial charge in [-0.05, 0) is 37.5 Å². The number of hydrogen-bond donors (Lipinski definition) is 3. The molecule has 0 spiro atoms. The summed E-state index contributed by atoms with van der Waals surface area (Å²) in [6.07, 6.45) is 51.5. The molecule has 0 amide bonds. The van der Waals surface area contributed by atoms with E-state index in [-0.39, 0.29) is 25.7 Å². The standard InChI is InChI=1S/C73H142O17P2/c1-7-10-12-14-16-18-19-26-30-33-37-44-50-56-71(76)84-61-68(89-72(77)57-51-45-38-34-31-28-25-23-21-20-22-24-27-29-32-35-41-47-53-65(4)5)63-87-91(79,80)85-59-67(74)60-86-92(81,82)88-64-69(62-83-70(75)55-49-43-36-17-15-13-11-8-2)90-73(78)58-52-46-40-39-42-48-54-66(6)9-3/h65-69,74H,7-64H2,1-6H3,(H,79,80)(H,81,82)/t66?,67-,68-,69-/m1/s1. The van der Waals surface area contributed by atoms with Gasteiger partial charge in [-0.1, -0.05) is 324 Å². The van der Waals surface area contributed by atoms with Gasteiger partial charge in [-0.3, -0.25) is 37.3 Å². The number of aliphatic hydroxyl groups excluding tert-OH is 1. The summed E-state index contributed by atoms with van der Waals surface area (Å²) in [5, 5.41) is 10.6. The van der Waals surface area contributed by atoms with E-state index in [9.17, 15) is 43.2 Å². The fourth-order valence-electron chi connectivity index (χ4n) is 11.1. The molecule has 19 heteroatoms. The lowest BCUT2D eigenvalue weighted by Crippen LogP contribution is -2.30. The fourth-order valence-corrected chi connectivity index (χ4v) is 12.7. The molecule has 0 aromatic heterocycles. The first-order valence-electron chi connectivity index (χ1n) is 38.0. The largest absolute Gasteiger partial charge is 0.472 e. The SMILES string of the molecule is CCCCCCCCCCCCCCCC(=O)OC[C@H](COP(=O)(O)OC[C@@H](O)COP(=O)(O)OC[C@@H](COC(=O)CCCCCCCCCC)OC(=O)CCCCCCCCC(C)CC)OC(=O)CCCCCCCCCCCCCCCCCCCCC(C)C. The number of phosphoric ester groups is 2. The molecule has 0 saturated heterocycles. The third-order valence-electron chi connectivity index (χ3n) is 17.3. The average molecular weight is 1350 g/mol. The Morgan fingerprint density at radius 2 is 0.554 bits per heavy atom. The first kappa shape index (κ1) is 90.1. The maximum Gasteiger partial charge on any atom is 0.472 e. The van der Waals surface area contributed by atoms with Gasteiger partial charge < -0.3 is 33.8 Å². The highest BCUT2D eigenvalue weighted by atomic mass is 31.2. The van der Waals surface area contributed by atoms with Crippen molar-refractivity contribution in [2.75, 3.05) is 39.6 Å². The molecule has 0 aromatic carbocycles. The van der Waals surface area contributed by atoms with Gasteiger partial charge in [0, 0.05) is 25.7 Å². The van der Waals surface area contributed by atoms with Crippen LogP contribution in [0, 0.1) is 11.8 Å². The minimum atomic E-state index is -4.95. The number of aliphatic hydroxyl groups is 1. The van der Waals surface area contributed by atoms with Crippen LogP contribution in [0.15, 0.2) is 0 Å². The number of rotatable bonds is 72. The second-order valence-corrected chi connectivity index (χ2v) is 30.0. The summed E-state index contributed by atoms with van der Waals surface area (Å²) in [5.41, 5.74) is 0. The number of carbonyl (C=O) groups is 4. The van der Waals surface area contributed by atoms with Gasteiger partial charge in [0.15, 0.2) is 12.2 Å². The summed E-state index contributed by atoms with van der Waals surface area (Å²) in [6.45, 7) is 9.53. The number of ether oxygens (including phenoxy) is 4. The van der Waals surface area contributed by atoms with Crippen LogP contribution in [-0.4, -0.2) is 96.7 Å². The van der Waals surface area contributed by atoms with Gasteiger partial charge in [-0.15, -0.1) is 0 Å². The summed E-state index contributed by atoms with van der Waals surface area (Å²) in [6, 6.07) is 0. The van der Waals surface area contributed by atoms with E-state index in [1.165, 1.54) is 186 Å². The first-order chi connectivity index (χ1) is 44.4. The lowest BCUT2D eigenvalue weighted by molar-refractivity contribution is -0.161. The van der Waals surface area contributed by atoms with Gasteiger partial charge in [-0.2, -0.15) is 0 Å². The molecule has 3 unspecified atom stereocenters. The van der Waals surface area contributed by atoms with Crippen molar-refractivity contribution in [1.29, 1.82) is 0 Å². The van der Waals surface area contributed by atoms with Crippen LogP contribution in [0.25, 0.3) is 0 Å². The summed E-state index contributed by atoms with van der Waals surface area (Å²) in [7, 11) is -9.90. The molecular formula is C73H142O17P2. The van der Waals surface area contributed by atoms with E-state index in [1.54, 1.807) is 0 Å². The van der Waals surface area contributed by atoms with Crippen LogP contribution >= 0.6 is 15.6 Å². The second-order valence-electron chi connectivity index (χ2n) is 27.1. The number of hydrogen-bond acceptors (Lipinski definition) is 15. The van der Waals surface area contributed by atoms with Crippen LogP contribution in [0.2, 0.25) is 0 Å². The van der Waals surface area contributed by atoms with E-state index in [0.717, 1.165) is 108 Å². The van der Waals surface area contributed by atoms with Crippen molar-refractivity contribution >= 4 is 39.5 Å². The maximum atomic E-state index is 13.1. The molecule has 0 fully saturated rings. The van der Waals surface area contributed by atoms with Gasteiger partial charge in [0.05, 0.1) is 26.4 Å². The van der Waals surface area contributed by atoms with E-state index in [0.29, 0.717) is 25.7 Å². The smallest absolute Gasteiger partial charge is 0.462 e. The van der Waals surface area contributed by atoms with Crippen molar-refractivity contribution in [2.45, 2.75) is 394 Å². The van der Waals surface area contributed by atoms with Crippen molar-refractivity contribution in [3.05, 3.63) is 0 Å². The predicted molar refractivity (Wildman–Crippen MR) is 372 cm³/mol. The molecule has 0 saturated carbocycles. The lowest BCUT2D eigenvalue weighted by Gasteiger charge is -2.21. The van der Waals surface area contributed by atoms with Crippen molar-refractivity contribution in [2.24, 2.45) is 11.8 Å². The Balaban J connectivity index is 5.16. The summed E-state index contributed by atoms with van der Waals surface area (Å²) < 4.78 is 68.3. The van der Waals surface area contributed by atoms with Gasteiger partial charge in [0.25, 0.3) is 0 Å². The fraction of sp³-hybridized carbons (Fsp3) is 0.945. The molecule has 546 valence electrons. The van der Waals surface area contributed by atoms with Crippen LogP contribution < -0.4 is 0 Å². The molecular weight excluding hydrogens is 1210 g/mol. The van der Waals surface area contributed by atoms with Gasteiger partial charge in [0.1, 0.15) is 19.3 Å². The molecule has 92 heavy (non-hydrogen) atoms. The molecule has 0 aromatic rings. The molecule has 6 atom stereocenters. The van der Waals surface area contributed by atoms with Gasteiger partial charge >= 0.3 is 39.5 Å². The molecule has 0 aliphatic carbocycles. The van der Waals surface area contributed by atoms with Crippen LogP contribution in [-0.2, 0) is 65.4 Å². The number of carbonyl (C=O) groups excluding carboxylic acids is 4. The minimum Gasteiger partial charge on any atom is -0.462 e. The Bertz CT molecular complexity index is 1790. The van der Waals surface area contributed by atoms with Crippen LogP contribution in [0.3, 0.4) is 0 Å². The van der Waals surface area contributed by atoms with E-state index >= 15 is 0 Å². The van der Waals surface area contributed by atoms with Crippen LogP contribution in [0.5, 0.6) is 0 Å². The molecule has 0 heterocycles. The Morgan fingerprint density at radius 3 is 0.826 bits per heavy atom. The van der Waals surface area contributed by atoms with Crippen molar-refractivity contribution in [1.82, 2.24) is 0 Å². The van der Waals surface area contributed by atoms with Crippen molar-refractivity contribution in [3.8, 4) is 0 Å². The highest BCUT2D eigenvalue weighted by molar-refractivity contribution is 7.47. The number of esters is 4. The van der Waals surface area contributed by atoms with Crippen LogP contribution in [0.1, 0.15) is 375 Å². The molecule has 0 aliphatic heterocycles. The molecule has 17 nitrogen and oxygen atoms in total. The Kier molecular flexibility index (Phi) is 63.7. The topological polar surface area (TPSA) is 237 Å². The zero-order valence-corrected chi connectivity index (χ0v) is 61.6. The molecule has 0 bridgehead atoms. The van der Waals surface area contributed by atoms with Gasteiger partial charge in [-0.25, -0.2) is 9.13 Å². The Morgan fingerprint density at radius 1 is 0.315 bits per heavy atom. The lowest BCUT2D eigenvalue weighted by atomic mass is 10.00. The minimum absolute atomic E-state index is 0.103. The zero-order valence-electron chi connectivity index (χ0n) is 59.9. The van der Waals surface area contributed by atoms with Crippen molar-refractivity contribution in [3.63, 3.8) is 0 Å². The summed E-state index contributed by atoms with van der Waals surface area (Å²) >= 11 is 0. The highest BCUT2D eigenvalue weighted by Crippen LogP contribution is 2.45. The third-order valence-corrected chi connectivity index (χ3v) is 19.2. The second kappa shape index (κ2) is 65.0. The third kappa shape index (κ3) is 65.4.